The van der Waals surface area contributed by atoms with Crippen molar-refractivity contribution in [3.05, 3.63) is 21.9 Å². The molecule has 0 aliphatic carbocycles. The molecule has 2 rings (SSSR count). The number of likely N-dealkylation sites (tertiary alicyclic amines) is 1. The van der Waals surface area contributed by atoms with Gasteiger partial charge in [0.05, 0.1) is 5.92 Å². The van der Waals surface area contributed by atoms with E-state index in [-0.39, 0.29) is 12.8 Å². The van der Waals surface area contributed by atoms with Crippen LogP contribution in [0.1, 0.15) is 29.5 Å². The van der Waals surface area contributed by atoms with Crippen molar-refractivity contribution in [2.24, 2.45) is 5.92 Å². The van der Waals surface area contributed by atoms with Gasteiger partial charge in [-0.25, -0.2) is 0 Å². The van der Waals surface area contributed by atoms with Crippen LogP contribution < -0.4 is 5.32 Å². The molecule has 1 aromatic rings. The number of piperidine rings is 1. The van der Waals surface area contributed by atoms with Gasteiger partial charge in [0.1, 0.15) is 0 Å². The lowest BCUT2D eigenvalue weighted by molar-refractivity contribution is -0.185. The summed E-state index contributed by atoms with van der Waals surface area (Å²) in [6.45, 7) is 5.76. The molecule has 0 unspecified atom stereocenters. The highest BCUT2D eigenvalue weighted by Crippen LogP contribution is 2.34. The van der Waals surface area contributed by atoms with Gasteiger partial charge in [-0.15, -0.1) is 11.3 Å². The van der Waals surface area contributed by atoms with Crippen molar-refractivity contribution in [2.45, 2.75) is 39.0 Å². The lowest BCUT2D eigenvalue weighted by atomic mass is 9.96. The number of halogens is 3. The molecule has 1 fully saturated rings. The molecule has 0 amide bonds. The first-order chi connectivity index (χ1) is 9.49. The van der Waals surface area contributed by atoms with Crippen LogP contribution in [0.5, 0.6) is 0 Å². The van der Waals surface area contributed by atoms with E-state index < -0.39 is 12.1 Å². The first-order valence-electron chi connectivity index (χ1n) is 7.06. The number of rotatable bonds is 5. The minimum Gasteiger partial charge on any atom is -0.312 e. The fourth-order valence-electron chi connectivity index (χ4n) is 2.49. The molecule has 1 aromatic heterocycles. The van der Waals surface area contributed by atoms with Crippen LogP contribution in [0.3, 0.4) is 0 Å². The molecule has 0 atom stereocenters. The molecule has 0 spiro atoms. The van der Waals surface area contributed by atoms with Gasteiger partial charge in [-0.1, -0.05) is 6.92 Å². The van der Waals surface area contributed by atoms with E-state index in [0.29, 0.717) is 13.1 Å². The lowest BCUT2D eigenvalue weighted by Crippen LogP contribution is -2.38. The van der Waals surface area contributed by atoms with Crippen LogP contribution >= 0.6 is 11.3 Å². The Morgan fingerprint density at radius 3 is 2.50 bits per heavy atom. The number of nitrogens with one attached hydrogen (secondary N) is 1. The van der Waals surface area contributed by atoms with E-state index in [4.69, 9.17) is 0 Å². The van der Waals surface area contributed by atoms with Crippen molar-refractivity contribution < 1.29 is 13.2 Å². The maximum Gasteiger partial charge on any atom is 0.391 e. The fourth-order valence-corrected chi connectivity index (χ4v) is 3.52. The summed E-state index contributed by atoms with van der Waals surface area (Å²) in [4.78, 5) is 4.65. The second kappa shape index (κ2) is 6.91. The highest BCUT2D eigenvalue weighted by atomic mass is 32.1. The summed E-state index contributed by atoms with van der Waals surface area (Å²) >= 11 is 1.75. The molecular weight excluding hydrogens is 285 g/mol. The molecule has 0 saturated carbocycles. The van der Waals surface area contributed by atoms with Crippen molar-refractivity contribution in [3.63, 3.8) is 0 Å². The average Bonchev–Trinajstić information content (AvgIpc) is 2.83. The van der Waals surface area contributed by atoms with Gasteiger partial charge in [-0.2, -0.15) is 13.2 Å². The van der Waals surface area contributed by atoms with E-state index in [0.717, 1.165) is 19.6 Å². The van der Waals surface area contributed by atoms with Crippen LogP contribution in [0.2, 0.25) is 0 Å². The van der Waals surface area contributed by atoms with Gasteiger partial charge in [-0.05, 0) is 44.6 Å². The standard InChI is InChI=1S/C14H21F3N2S/c1-2-18-9-12-3-4-13(20-12)10-19-7-5-11(6-8-19)14(15,16)17/h3-4,11,18H,2,5-10H2,1H3. The average molecular weight is 306 g/mol. The Kier molecular flexibility index (Phi) is 5.46. The largest absolute Gasteiger partial charge is 0.391 e. The van der Waals surface area contributed by atoms with Gasteiger partial charge >= 0.3 is 6.18 Å². The van der Waals surface area contributed by atoms with Crippen LogP contribution in [0.25, 0.3) is 0 Å². The van der Waals surface area contributed by atoms with Crippen molar-refractivity contribution in [2.75, 3.05) is 19.6 Å². The fraction of sp³-hybridized carbons (Fsp3) is 0.714. The Balaban J connectivity index is 1.79. The van der Waals surface area contributed by atoms with Crippen LogP contribution in [-0.4, -0.2) is 30.7 Å². The van der Waals surface area contributed by atoms with E-state index in [1.165, 1.54) is 9.75 Å². The maximum atomic E-state index is 12.6. The van der Waals surface area contributed by atoms with Gasteiger partial charge < -0.3 is 5.32 Å². The molecule has 6 heteroatoms. The Labute approximate surface area is 122 Å². The molecule has 0 bridgehead atoms. The molecule has 2 heterocycles. The molecule has 1 aliphatic heterocycles. The normalized spacial score (nSPS) is 18.6. The number of hydrogen-bond acceptors (Lipinski definition) is 3. The van der Waals surface area contributed by atoms with E-state index in [9.17, 15) is 13.2 Å². The molecular formula is C14H21F3N2S. The van der Waals surface area contributed by atoms with E-state index in [1.807, 2.05) is 0 Å². The molecule has 20 heavy (non-hydrogen) atoms. The van der Waals surface area contributed by atoms with Crippen molar-refractivity contribution in [3.8, 4) is 0 Å². The zero-order valence-corrected chi connectivity index (χ0v) is 12.5. The van der Waals surface area contributed by atoms with Gasteiger partial charge in [-0.3, -0.25) is 4.90 Å². The lowest BCUT2D eigenvalue weighted by Gasteiger charge is -2.32. The smallest absolute Gasteiger partial charge is 0.312 e. The van der Waals surface area contributed by atoms with Crippen LogP contribution in [0.4, 0.5) is 13.2 Å². The Bertz CT molecular complexity index is 409. The zero-order chi connectivity index (χ0) is 14.6. The summed E-state index contributed by atoms with van der Waals surface area (Å²) < 4.78 is 37.8. The SMILES string of the molecule is CCNCc1ccc(CN2CCC(C(F)(F)F)CC2)s1. The molecule has 2 nitrogen and oxygen atoms in total. The summed E-state index contributed by atoms with van der Waals surface area (Å²) in [5.74, 6) is -1.11. The maximum absolute atomic E-state index is 12.6. The summed E-state index contributed by atoms with van der Waals surface area (Å²) in [6.07, 6.45) is -3.55. The molecule has 1 N–H and O–H groups in total. The van der Waals surface area contributed by atoms with E-state index in [2.05, 4.69) is 29.3 Å². The summed E-state index contributed by atoms with van der Waals surface area (Å²) in [7, 11) is 0. The molecule has 0 radical (unpaired) electrons. The minimum atomic E-state index is -4.02. The number of alkyl halides is 3. The van der Waals surface area contributed by atoms with Crippen LogP contribution in [-0.2, 0) is 13.1 Å². The zero-order valence-electron chi connectivity index (χ0n) is 11.7. The second-order valence-corrected chi connectivity index (χ2v) is 6.49. The summed E-state index contributed by atoms with van der Waals surface area (Å²) in [5.41, 5.74) is 0. The number of hydrogen-bond donors (Lipinski definition) is 1. The van der Waals surface area contributed by atoms with E-state index in [1.54, 1.807) is 11.3 Å². The van der Waals surface area contributed by atoms with Gasteiger partial charge in [0, 0.05) is 22.8 Å². The Hall–Kier alpha value is -0.590. The third kappa shape index (κ3) is 4.46. The first-order valence-corrected chi connectivity index (χ1v) is 7.88. The van der Waals surface area contributed by atoms with E-state index >= 15 is 0 Å². The Morgan fingerprint density at radius 1 is 1.25 bits per heavy atom. The molecule has 0 aromatic carbocycles. The number of thiophene rings is 1. The predicted molar refractivity (Wildman–Crippen MR) is 75.8 cm³/mol. The third-order valence-corrected chi connectivity index (χ3v) is 4.77. The van der Waals surface area contributed by atoms with Crippen molar-refractivity contribution in [1.29, 1.82) is 0 Å². The van der Waals surface area contributed by atoms with Gasteiger partial charge in [0.25, 0.3) is 0 Å². The Morgan fingerprint density at radius 2 is 1.90 bits per heavy atom. The monoisotopic (exact) mass is 306 g/mol. The second-order valence-electron chi connectivity index (χ2n) is 5.24. The van der Waals surface area contributed by atoms with Gasteiger partial charge in [0.2, 0.25) is 0 Å². The quantitative estimate of drug-likeness (QED) is 0.893. The number of nitrogens with zero attached hydrogens (tertiary/aromatic N) is 1. The molecule has 114 valence electrons. The minimum absolute atomic E-state index is 0.235. The van der Waals surface area contributed by atoms with Crippen LogP contribution in [0, 0.1) is 5.92 Å². The highest BCUT2D eigenvalue weighted by molar-refractivity contribution is 7.11. The molecule has 1 aliphatic rings. The van der Waals surface area contributed by atoms with Gasteiger partial charge in [0.15, 0.2) is 0 Å². The highest BCUT2D eigenvalue weighted by Gasteiger charge is 2.40. The third-order valence-electron chi connectivity index (χ3n) is 3.70. The predicted octanol–water partition coefficient (Wildman–Crippen LogP) is 3.63. The summed E-state index contributed by atoms with van der Waals surface area (Å²) in [5, 5.41) is 3.28. The van der Waals surface area contributed by atoms with Crippen LogP contribution in [0.15, 0.2) is 12.1 Å². The van der Waals surface area contributed by atoms with Crippen molar-refractivity contribution >= 4 is 11.3 Å². The van der Waals surface area contributed by atoms with Crippen molar-refractivity contribution in [1.82, 2.24) is 10.2 Å². The molecule has 1 saturated heterocycles. The first kappa shape index (κ1) is 15.8. The topological polar surface area (TPSA) is 15.3 Å². The summed E-state index contributed by atoms with van der Waals surface area (Å²) in [6, 6.07) is 4.19.